The van der Waals surface area contributed by atoms with Gasteiger partial charge in [0, 0.05) is 11.3 Å². The first-order chi connectivity index (χ1) is 8.70. The summed E-state index contributed by atoms with van der Waals surface area (Å²) in [6, 6.07) is 14.7. The van der Waals surface area contributed by atoms with Gasteiger partial charge in [-0.15, -0.1) is 0 Å². The van der Waals surface area contributed by atoms with E-state index in [1.54, 1.807) is 25.3 Å². The molecule has 0 spiro atoms. The van der Waals surface area contributed by atoms with Crippen molar-refractivity contribution in [2.24, 2.45) is 0 Å². The predicted molar refractivity (Wildman–Crippen MR) is 80.1 cm³/mol. The molecule has 1 amide bonds. The first-order valence-electron chi connectivity index (χ1n) is 5.40. The Hall–Kier alpha value is -1.56. The number of rotatable bonds is 3. The zero-order valence-corrected chi connectivity index (χ0v) is 12.0. The first kappa shape index (κ1) is 12.9. The van der Waals surface area contributed by atoms with Crippen LogP contribution in [0.1, 0.15) is 10.4 Å². The topological polar surface area (TPSA) is 38.3 Å². The van der Waals surface area contributed by atoms with Crippen LogP contribution in [-0.2, 0) is 0 Å². The molecule has 0 aliphatic heterocycles. The highest BCUT2D eigenvalue weighted by molar-refractivity contribution is 14.1. The molecule has 0 heterocycles. The molecule has 0 saturated heterocycles. The van der Waals surface area contributed by atoms with Crippen molar-refractivity contribution in [2.75, 3.05) is 12.4 Å². The molecule has 0 fully saturated rings. The SMILES string of the molecule is COc1ccc(C(=O)Nc2ccccc2)cc1I. The monoisotopic (exact) mass is 353 g/mol. The number of hydrogen-bond acceptors (Lipinski definition) is 2. The lowest BCUT2D eigenvalue weighted by atomic mass is 10.2. The van der Waals surface area contributed by atoms with E-state index in [9.17, 15) is 4.79 Å². The van der Waals surface area contributed by atoms with Crippen LogP contribution in [0.25, 0.3) is 0 Å². The van der Waals surface area contributed by atoms with Gasteiger partial charge in [-0.25, -0.2) is 0 Å². The molecule has 0 unspecified atom stereocenters. The zero-order chi connectivity index (χ0) is 13.0. The van der Waals surface area contributed by atoms with E-state index < -0.39 is 0 Å². The Morgan fingerprint density at radius 1 is 1.17 bits per heavy atom. The van der Waals surface area contributed by atoms with E-state index in [4.69, 9.17) is 4.74 Å². The van der Waals surface area contributed by atoms with E-state index in [-0.39, 0.29) is 5.91 Å². The average Bonchev–Trinajstić information content (AvgIpc) is 2.39. The van der Waals surface area contributed by atoms with Crippen molar-refractivity contribution >= 4 is 34.2 Å². The molecule has 1 N–H and O–H groups in total. The molecule has 0 bridgehead atoms. The number of halogens is 1. The minimum atomic E-state index is -0.123. The van der Waals surface area contributed by atoms with Gasteiger partial charge in [-0.1, -0.05) is 18.2 Å². The molecule has 3 nitrogen and oxygen atoms in total. The molecule has 4 heteroatoms. The highest BCUT2D eigenvalue weighted by Crippen LogP contribution is 2.22. The number of anilines is 1. The normalized spacial score (nSPS) is 9.89. The maximum Gasteiger partial charge on any atom is 0.255 e. The molecule has 0 aromatic heterocycles. The van der Waals surface area contributed by atoms with Crippen LogP contribution in [-0.4, -0.2) is 13.0 Å². The molecular formula is C14H12INO2. The fraction of sp³-hybridized carbons (Fsp3) is 0.0714. The van der Waals surface area contributed by atoms with Crippen LogP contribution < -0.4 is 10.1 Å². The number of carbonyl (C=O) groups is 1. The van der Waals surface area contributed by atoms with Crippen molar-refractivity contribution in [1.29, 1.82) is 0 Å². The van der Waals surface area contributed by atoms with Gasteiger partial charge >= 0.3 is 0 Å². The Kier molecular flexibility index (Phi) is 4.19. The molecule has 2 aromatic carbocycles. The average molecular weight is 353 g/mol. The van der Waals surface area contributed by atoms with Gasteiger partial charge < -0.3 is 10.1 Å². The lowest BCUT2D eigenvalue weighted by Crippen LogP contribution is -2.12. The Bertz CT molecular complexity index is 555. The summed E-state index contributed by atoms with van der Waals surface area (Å²) >= 11 is 2.15. The molecule has 92 valence electrons. The largest absolute Gasteiger partial charge is 0.496 e. The van der Waals surface area contributed by atoms with Crippen LogP contribution in [0.2, 0.25) is 0 Å². The van der Waals surface area contributed by atoms with Gasteiger partial charge in [0.1, 0.15) is 5.75 Å². The van der Waals surface area contributed by atoms with Gasteiger partial charge in [0.05, 0.1) is 10.7 Å². The second-order valence-corrected chi connectivity index (χ2v) is 4.83. The van der Waals surface area contributed by atoms with Crippen molar-refractivity contribution in [3.8, 4) is 5.75 Å². The summed E-state index contributed by atoms with van der Waals surface area (Å²) in [4.78, 5) is 12.0. The fourth-order valence-electron chi connectivity index (χ4n) is 1.53. The summed E-state index contributed by atoms with van der Waals surface area (Å²) in [6.45, 7) is 0. The van der Waals surface area contributed by atoms with Gasteiger partial charge in [0.2, 0.25) is 0 Å². The molecule has 2 rings (SSSR count). The van der Waals surface area contributed by atoms with Crippen molar-refractivity contribution in [1.82, 2.24) is 0 Å². The Labute approximate surface area is 119 Å². The van der Waals surface area contributed by atoms with Crippen LogP contribution >= 0.6 is 22.6 Å². The van der Waals surface area contributed by atoms with E-state index in [1.165, 1.54) is 0 Å². The van der Waals surface area contributed by atoms with Gasteiger partial charge in [-0.3, -0.25) is 4.79 Å². The van der Waals surface area contributed by atoms with E-state index in [0.29, 0.717) is 5.56 Å². The molecule has 2 aromatic rings. The third-order valence-electron chi connectivity index (χ3n) is 2.45. The van der Waals surface area contributed by atoms with Crippen molar-refractivity contribution < 1.29 is 9.53 Å². The number of para-hydroxylation sites is 1. The lowest BCUT2D eigenvalue weighted by Gasteiger charge is -2.07. The summed E-state index contributed by atoms with van der Waals surface area (Å²) < 4.78 is 6.07. The molecule has 0 aliphatic carbocycles. The van der Waals surface area contributed by atoms with E-state index in [2.05, 4.69) is 27.9 Å². The molecular weight excluding hydrogens is 341 g/mol. The molecule has 0 saturated carbocycles. The van der Waals surface area contributed by atoms with Crippen LogP contribution in [0.3, 0.4) is 0 Å². The highest BCUT2D eigenvalue weighted by Gasteiger charge is 2.08. The summed E-state index contributed by atoms with van der Waals surface area (Å²) in [7, 11) is 1.61. The molecule has 0 radical (unpaired) electrons. The van der Waals surface area contributed by atoms with Crippen LogP contribution in [0, 0.1) is 3.57 Å². The summed E-state index contributed by atoms with van der Waals surface area (Å²) in [6.07, 6.45) is 0. The summed E-state index contributed by atoms with van der Waals surface area (Å²) in [5.41, 5.74) is 1.40. The zero-order valence-electron chi connectivity index (χ0n) is 9.81. The third-order valence-corrected chi connectivity index (χ3v) is 3.29. The molecule has 18 heavy (non-hydrogen) atoms. The van der Waals surface area contributed by atoms with Crippen molar-refractivity contribution in [3.05, 3.63) is 57.7 Å². The highest BCUT2D eigenvalue weighted by atomic mass is 127. The minimum Gasteiger partial charge on any atom is -0.496 e. The number of methoxy groups -OCH3 is 1. The standard InChI is InChI=1S/C14H12INO2/c1-18-13-8-7-10(9-12(13)15)14(17)16-11-5-3-2-4-6-11/h2-9H,1H3,(H,16,17). The second-order valence-electron chi connectivity index (χ2n) is 3.67. The third kappa shape index (κ3) is 3.01. The first-order valence-corrected chi connectivity index (χ1v) is 6.48. The van der Waals surface area contributed by atoms with Gasteiger partial charge in [0.25, 0.3) is 5.91 Å². The van der Waals surface area contributed by atoms with E-state index >= 15 is 0 Å². The van der Waals surface area contributed by atoms with Gasteiger partial charge in [-0.05, 0) is 52.9 Å². The van der Waals surface area contributed by atoms with Crippen LogP contribution in [0.5, 0.6) is 5.75 Å². The van der Waals surface area contributed by atoms with E-state index in [0.717, 1.165) is 15.0 Å². The second kappa shape index (κ2) is 5.86. The maximum absolute atomic E-state index is 12.0. The van der Waals surface area contributed by atoms with Gasteiger partial charge in [-0.2, -0.15) is 0 Å². The quantitative estimate of drug-likeness (QED) is 0.857. The summed E-state index contributed by atoms with van der Waals surface area (Å²) in [5, 5.41) is 2.84. The number of carbonyl (C=O) groups excluding carboxylic acids is 1. The number of benzene rings is 2. The molecule has 0 aliphatic rings. The Morgan fingerprint density at radius 3 is 2.50 bits per heavy atom. The minimum absolute atomic E-state index is 0.123. The van der Waals surface area contributed by atoms with Gasteiger partial charge in [0.15, 0.2) is 0 Å². The predicted octanol–water partition coefficient (Wildman–Crippen LogP) is 3.55. The van der Waals surface area contributed by atoms with Crippen molar-refractivity contribution in [2.45, 2.75) is 0 Å². The van der Waals surface area contributed by atoms with E-state index in [1.807, 2.05) is 30.3 Å². The van der Waals surface area contributed by atoms with Crippen LogP contribution in [0.15, 0.2) is 48.5 Å². The lowest BCUT2D eigenvalue weighted by molar-refractivity contribution is 0.102. The smallest absolute Gasteiger partial charge is 0.255 e. The van der Waals surface area contributed by atoms with Crippen molar-refractivity contribution in [3.63, 3.8) is 0 Å². The number of amides is 1. The Balaban J connectivity index is 2.17. The Morgan fingerprint density at radius 2 is 1.89 bits per heavy atom. The fourth-order valence-corrected chi connectivity index (χ4v) is 2.27. The number of hydrogen-bond donors (Lipinski definition) is 1. The summed E-state index contributed by atoms with van der Waals surface area (Å²) in [5.74, 6) is 0.647. The number of ether oxygens (including phenoxy) is 1. The number of nitrogens with one attached hydrogen (secondary N) is 1. The maximum atomic E-state index is 12.0. The molecule has 0 atom stereocenters. The van der Waals surface area contributed by atoms with Crippen LogP contribution in [0.4, 0.5) is 5.69 Å².